The van der Waals surface area contributed by atoms with E-state index in [9.17, 15) is 0 Å². The van der Waals surface area contributed by atoms with Crippen LogP contribution in [0, 0.1) is 5.92 Å². The van der Waals surface area contributed by atoms with Crippen LogP contribution < -0.4 is 5.32 Å². The van der Waals surface area contributed by atoms with Gasteiger partial charge in [0.2, 0.25) is 0 Å². The van der Waals surface area contributed by atoms with Gasteiger partial charge in [-0.3, -0.25) is 9.88 Å². The second-order valence-corrected chi connectivity index (χ2v) is 6.31. The van der Waals surface area contributed by atoms with Crippen molar-refractivity contribution < 1.29 is 0 Å². The van der Waals surface area contributed by atoms with Gasteiger partial charge in [-0.15, -0.1) is 0 Å². The van der Waals surface area contributed by atoms with Crippen LogP contribution in [0.2, 0.25) is 0 Å². The number of hydrogen-bond donors (Lipinski definition) is 1. The Labute approximate surface area is 122 Å². The molecule has 3 heteroatoms. The second kappa shape index (κ2) is 6.68. The van der Waals surface area contributed by atoms with E-state index in [-0.39, 0.29) is 0 Å². The van der Waals surface area contributed by atoms with Crippen LogP contribution in [0.25, 0.3) is 0 Å². The number of nitrogens with one attached hydrogen (secondary N) is 1. The highest BCUT2D eigenvalue weighted by molar-refractivity contribution is 5.14. The maximum atomic E-state index is 4.65. The maximum Gasteiger partial charge on any atom is 0.0544 e. The number of aromatic nitrogens is 1. The van der Waals surface area contributed by atoms with Crippen molar-refractivity contribution in [2.75, 3.05) is 13.1 Å². The van der Waals surface area contributed by atoms with Crippen LogP contribution in [0.1, 0.15) is 50.3 Å². The number of pyridine rings is 1. The van der Waals surface area contributed by atoms with Gasteiger partial charge in [-0.25, -0.2) is 0 Å². The Kier molecular flexibility index (Phi) is 4.69. The standard InChI is InChI=1S/C17H27N3/c1-2-18-11-14-7-8-16(19-12-14)13-20-10-9-15-5-3-4-6-17(15)20/h7-8,12,15,17-18H,2-6,9-11,13H2,1H3. The molecule has 2 heterocycles. The van der Waals surface area contributed by atoms with Crippen LogP contribution in [0.5, 0.6) is 0 Å². The third kappa shape index (κ3) is 3.21. The SMILES string of the molecule is CCNCc1ccc(CN2CCC3CCCCC32)nc1. The highest BCUT2D eigenvalue weighted by atomic mass is 15.2. The van der Waals surface area contributed by atoms with Crippen molar-refractivity contribution in [3.05, 3.63) is 29.6 Å². The van der Waals surface area contributed by atoms with Gasteiger partial charge in [-0.1, -0.05) is 25.8 Å². The van der Waals surface area contributed by atoms with Crippen molar-refractivity contribution in [3.63, 3.8) is 0 Å². The van der Waals surface area contributed by atoms with Crippen molar-refractivity contribution in [1.29, 1.82) is 0 Å². The van der Waals surface area contributed by atoms with Crippen molar-refractivity contribution in [1.82, 2.24) is 15.2 Å². The molecule has 0 spiro atoms. The summed E-state index contributed by atoms with van der Waals surface area (Å²) in [6, 6.07) is 5.27. The first kappa shape index (κ1) is 14.0. The number of fused-ring (bicyclic) bond motifs is 1. The molecule has 2 aliphatic rings. The summed E-state index contributed by atoms with van der Waals surface area (Å²) in [7, 11) is 0. The summed E-state index contributed by atoms with van der Waals surface area (Å²) in [4.78, 5) is 7.33. The summed E-state index contributed by atoms with van der Waals surface area (Å²) in [5, 5.41) is 3.34. The molecule has 1 saturated carbocycles. The normalized spacial score (nSPS) is 26.6. The van der Waals surface area contributed by atoms with Gasteiger partial charge in [-0.05, 0) is 49.9 Å². The van der Waals surface area contributed by atoms with Crippen molar-refractivity contribution in [2.45, 2.75) is 58.2 Å². The largest absolute Gasteiger partial charge is 0.313 e. The number of hydrogen-bond acceptors (Lipinski definition) is 3. The Bertz CT molecular complexity index is 415. The average molecular weight is 273 g/mol. The molecule has 0 aromatic carbocycles. The lowest BCUT2D eigenvalue weighted by Crippen LogP contribution is -2.34. The Balaban J connectivity index is 1.57. The van der Waals surface area contributed by atoms with Crippen LogP contribution in [-0.2, 0) is 13.1 Å². The predicted octanol–water partition coefficient (Wildman–Crippen LogP) is 2.96. The summed E-state index contributed by atoms with van der Waals surface area (Å²) >= 11 is 0. The molecular formula is C17H27N3. The number of likely N-dealkylation sites (tertiary alicyclic amines) is 1. The topological polar surface area (TPSA) is 28.2 Å². The lowest BCUT2D eigenvalue weighted by molar-refractivity contribution is 0.174. The summed E-state index contributed by atoms with van der Waals surface area (Å²) in [6.45, 7) is 6.39. The molecule has 0 radical (unpaired) electrons. The lowest BCUT2D eigenvalue weighted by atomic mass is 9.85. The number of rotatable bonds is 5. The Morgan fingerprint density at radius 1 is 1.25 bits per heavy atom. The van der Waals surface area contributed by atoms with Crippen molar-refractivity contribution in [3.8, 4) is 0 Å². The fourth-order valence-electron chi connectivity index (χ4n) is 3.83. The molecule has 2 unspecified atom stereocenters. The van der Waals surface area contributed by atoms with Gasteiger partial charge in [0.25, 0.3) is 0 Å². The molecule has 1 saturated heterocycles. The van der Waals surface area contributed by atoms with Gasteiger partial charge in [0.05, 0.1) is 5.69 Å². The number of nitrogens with zero attached hydrogens (tertiary/aromatic N) is 2. The molecule has 110 valence electrons. The fraction of sp³-hybridized carbons (Fsp3) is 0.706. The van der Waals surface area contributed by atoms with Gasteiger partial charge >= 0.3 is 0 Å². The monoisotopic (exact) mass is 273 g/mol. The summed E-state index contributed by atoms with van der Waals surface area (Å²) in [6.07, 6.45) is 9.17. The van der Waals surface area contributed by atoms with E-state index in [4.69, 9.17) is 0 Å². The smallest absolute Gasteiger partial charge is 0.0544 e. The Morgan fingerprint density at radius 2 is 2.15 bits per heavy atom. The van der Waals surface area contributed by atoms with Gasteiger partial charge in [0, 0.05) is 25.3 Å². The Morgan fingerprint density at radius 3 is 2.95 bits per heavy atom. The van der Waals surface area contributed by atoms with Gasteiger partial charge in [0.15, 0.2) is 0 Å². The zero-order chi connectivity index (χ0) is 13.8. The molecule has 1 aliphatic heterocycles. The van der Waals surface area contributed by atoms with E-state index in [1.807, 2.05) is 6.20 Å². The van der Waals surface area contributed by atoms with Crippen molar-refractivity contribution >= 4 is 0 Å². The molecule has 1 aromatic rings. The minimum absolute atomic E-state index is 0.840. The van der Waals surface area contributed by atoms with Gasteiger partial charge < -0.3 is 5.32 Å². The highest BCUT2D eigenvalue weighted by Gasteiger charge is 2.35. The van der Waals surface area contributed by atoms with E-state index in [0.717, 1.165) is 31.6 Å². The summed E-state index contributed by atoms with van der Waals surface area (Å²) in [5.74, 6) is 0.969. The molecule has 1 N–H and O–H groups in total. The second-order valence-electron chi connectivity index (χ2n) is 6.31. The minimum Gasteiger partial charge on any atom is -0.313 e. The lowest BCUT2D eigenvalue weighted by Gasteiger charge is -2.31. The van der Waals surface area contributed by atoms with E-state index in [0.29, 0.717) is 0 Å². The van der Waals surface area contributed by atoms with E-state index < -0.39 is 0 Å². The van der Waals surface area contributed by atoms with Crippen LogP contribution >= 0.6 is 0 Å². The maximum absolute atomic E-state index is 4.65. The zero-order valence-electron chi connectivity index (χ0n) is 12.6. The van der Waals surface area contributed by atoms with Crippen LogP contribution in [0.3, 0.4) is 0 Å². The van der Waals surface area contributed by atoms with Crippen LogP contribution in [0.4, 0.5) is 0 Å². The summed E-state index contributed by atoms with van der Waals surface area (Å²) < 4.78 is 0. The first-order valence-electron chi connectivity index (χ1n) is 8.25. The molecule has 3 rings (SSSR count). The zero-order valence-corrected chi connectivity index (χ0v) is 12.6. The molecule has 0 bridgehead atoms. The molecule has 3 nitrogen and oxygen atoms in total. The van der Waals surface area contributed by atoms with Gasteiger partial charge in [0.1, 0.15) is 0 Å². The average Bonchev–Trinajstić information content (AvgIpc) is 2.90. The summed E-state index contributed by atoms with van der Waals surface area (Å²) in [5.41, 5.74) is 2.52. The molecule has 20 heavy (non-hydrogen) atoms. The third-order valence-corrected chi connectivity index (χ3v) is 4.96. The minimum atomic E-state index is 0.840. The molecule has 2 fully saturated rings. The van der Waals surface area contributed by atoms with Crippen LogP contribution in [0.15, 0.2) is 18.3 Å². The predicted molar refractivity (Wildman–Crippen MR) is 82.4 cm³/mol. The van der Waals surface area contributed by atoms with E-state index in [1.165, 1.54) is 49.9 Å². The van der Waals surface area contributed by atoms with E-state index in [1.54, 1.807) is 0 Å². The van der Waals surface area contributed by atoms with Crippen LogP contribution in [-0.4, -0.2) is 29.0 Å². The molecule has 2 atom stereocenters. The van der Waals surface area contributed by atoms with E-state index >= 15 is 0 Å². The molecule has 1 aliphatic carbocycles. The quantitative estimate of drug-likeness (QED) is 0.894. The third-order valence-electron chi connectivity index (χ3n) is 4.96. The first-order chi connectivity index (χ1) is 9.86. The Hall–Kier alpha value is -0.930. The van der Waals surface area contributed by atoms with Gasteiger partial charge in [-0.2, -0.15) is 0 Å². The van der Waals surface area contributed by atoms with E-state index in [2.05, 4.69) is 34.3 Å². The highest BCUT2D eigenvalue weighted by Crippen LogP contribution is 2.36. The molecule has 0 amide bonds. The molecular weight excluding hydrogens is 246 g/mol. The molecule has 1 aromatic heterocycles. The first-order valence-corrected chi connectivity index (χ1v) is 8.25. The van der Waals surface area contributed by atoms with Crippen molar-refractivity contribution in [2.24, 2.45) is 5.92 Å². The fourth-order valence-corrected chi connectivity index (χ4v) is 3.83.